The average molecular weight is 666 g/mol. The molecule has 47 heavy (non-hydrogen) atoms. The number of amides is 3. The number of aromatic nitrogens is 3. The summed E-state index contributed by atoms with van der Waals surface area (Å²) in [6.45, 7) is 2.54. The van der Waals surface area contributed by atoms with Crippen molar-refractivity contribution in [1.29, 1.82) is 0 Å². The number of sulfonamides is 1. The van der Waals surface area contributed by atoms with Gasteiger partial charge in [-0.25, -0.2) is 22.0 Å². The van der Waals surface area contributed by atoms with E-state index < -0.39 is 45.1 Å². The Morgan fingerprint density at radius 2 is 1.57 bits per heavy atom. The minimum Gasteiger partial charge on any atom is -0.368 e. The summed E-state index contributed by atoms with van der Waals surface area (Å²) < 4.78 is 56.9. The summed E-state index contributed by atoms with van der Waals surface area (Å²) in [5.74, 6) is -4.12. The number of hydrogen-bond acceptors (Lipinski definition) is 10. The third kappa shape index (κ3) is 6.67. The molecule has 1 aromatic heterocycles. The standard InChI is InChI=1S/C30H29F2N9O5S/c31-23-2-1-3-24(32)26(23)27(43)41-28(33)36-29(37-41)34-20-6-10-22(11-7-20)47(45,46)39-16-14-38(15-17-39)18-19-4-8-21(9-5-19)40-13-12-25(42)35-30(40)44/h1-11H,12-18H2,(H,35,42,44)(H3,33,34,36,37). The fourth-order valence-corrected chi connectivity index (χ4v) is 6.72. The number of carbonyl (C=O) groups is 3. The van der Waals surface area contributed by atoms with Gasteiger partial charge in [0.25, 0.3) is 5.91 Å². The Morgan fingerprint density at radius 1 is 0.915 bits per heavy atom. The number of nitrogens with one attached hydrogen (secondary N) is 2. The molecule has 2 aliphatic heterocycles. The number of hydrogen-bond donors (Lipinski definition) is 3. The number of nitrogen functional groups attached to an aromatic ring is 1. The van der Waals surface area contributed by atoms with Crippen molar-refractivity contribution in [3.05, 3.63) is 89.5 Å². The molecular weight excluding hydrogens is 636 g/mol. The molecule has 0 radical (unpaired) electrons. The molecule has 0 aliphatic carbocycles. The van der Waals surface area contributed by atoms with Crippen LogP contribution in [-0.4, -0.2) is 83.0 Å². The maximum absolute atomic E-state index is 14.1. The Morgan fingerprint density at radius 3 is 2.21 bits per heavy atom. The Bertz CT molecular complexity index is 1920. The van der Waals surface area contributed by atoms with Crippen LogP contribution in [0.4, 0.5) is 36.8 Å². The lowest BCUT2D eigenvalue weighted by atomic mass is 10.1. The lowest BCUT2D eigenvalue weighted by Crippen LogP contribution is -2.49. The molecule has 0 spiro atoms. The predicted octanol–water partition coefficient (Wildman–Crippen LogP) is 2.52. The summed E-state index contributed by atoms with van der Waals surface area (Å²) in [6, 6.07) is 15.8. The van der Waals surface area contributed by atoms with E-state index in [0.29, 0.717) is 55.3 Å². The third-order valence-corrected chi connectivity index (χ3v) is 9.70. The summed E-state index contributed by atoms with van der Waals surface area (Å²) in [5, 5.41) is 9.01. The van der Waals surface area contributed by atoms with Gasteiger partial charge >= 0.3 is 6.03 Å². The molecule has 4 N–H and O–H groups in total. The van der Waals surface area contributed by atoms with Gasteiger partial charge in [-0.3, -0.25) is 24.7 Å². The average Bonchev–Trinajstić information content (AvgIpc) is 3.41. The van der Waals surface area contributed by atoms with Crippen LogP contribution < -0.4 is 21.3 Å². The Labute approximate surface area is 267 Å². The van der Waals surface area contributed by atoms with E-state index in [0.717, 1.165) is 23.8 Å². The summed E-state index contributed by atoms with van der Waals surface area (Å²) in [5.41, 5.74) is 7.02. The van der Waals surface area contributed by atoms with Crippen molar-refractivity contribution in [3.63, 3.8) is 0 Å². The number of halogens is 2. The molecule has 2 fully saturated rings. The molecule has 0 unspecified atom stereocenters. The van der Waals surface area contributed by atoms with Crippen LogP contribution in [-0.2, 0) is 21.4 Å². The van der Waals surface area contributed by atoms with Crippen LogP contribution in [0.1, 0.15) is 22.3 Å². The van der Waals surface area contributed by atoms with Crippen LogP contribution in [0.3, 0.4) is 0 Å². The second-order valence-corrected chi connectivity index (χ2v) is 12.8. The normalized spacial score (nSPS) is 16.3. The fourth-order valence-electron chi connectivity index (χ4n) is 5.30. The van der Waals surface area contributed by atoms with Crippen LogP contribution in [0.25, 0.3) is 0 Å². The van der Waals surface area contributed by atoms with Crippen molar-refractivity contribution in [1.82, 2.24) is 29.3 Å². The highest BCUT2D eigenvalue weighted by Gasteiger charge is 2.29. The first-order valence-corrected chi connectivity index (χ1v) is 15.9. The zero-order valence-corrected chi connectivity index (χ0v) is 25.6. The highest BCUT2D eigenvalue weighted by atomic mass is 32.2. The summed E-state index contributed by atoms with van der Waals surface area (Å²) in [6.07, 6.45) is 0.244. The second kappa shape index (κ2) is 12.9. The Balaban J connectivity index is 1.04. The second-order valence-electron chi connectivity index (χ2n) is 10.9. The molecular formula is C30H29F2N9O5S. The fraction of sp³-hybridized carbons (Fsp3) is 0.233. The van der Waals surface area contributed by atoms with Gasteiger partial charge < -0.3 is 11.1 Å². The lowest BCUT2D eigenvalue weighted by molar-refractivity contribution is -0.120. The van der Waals surface area contributed by atoms with Crippen LogP contribution in [0, 0.1) is 11.6 Å². The molecule has 3 aromatic carbocycles. The molecule has 2 aliphatic rings. The maximum atomic E-state index is 14.1. The minimum atomic E-state index is -3.79. The number of urea groups is 1. The van der Waals surface area contributed by atoms with Crippen LogP contribution >= 0.6 is 0 Å². The summed E-state index contributed by atoms with van der Waals surface area (Å²) in [4.78, 5) is 43.8. The van der Waals surface area contributed by atoms with Gasteiger partial charge in [-0.15, -0.1) is 5.10 Å². The van der Waals surface area contributed by atoms with Gasteiger partial charge in [0.1, 0.15) is 17.2 Å². The van der Waals surface area contributed by atoms with Crippen LogP contribution in [0.5, 0.6) is 0 Å². The smallest absolute Gasteiger partial charge is 0.328 e. The van der Waals surface area contributed by atoms with Crippen molar-refractivity contribution in [2.45, 2.75) is 17.9 Å². The number of benzene rings is 3. The number of imide groups is 1. The number of nitrogens with two attached hydrogens (primary N) is 1. The van der Waals surface area contributed by atoms with Crippen molar-refractivity contribution in [3.8, 4) is 0 Å². The van der Waals surface area contributed by atoms with Gasteiger partial charge in [0.2, 0.25) is 27.8 Å². The van der Waals surface area contributed by atoms with Crippen molar-refractivity contribution in [2.24, 2.45) is 0 Å². The SMILES string of the molecule is Nc1nc(Nc2ccc(S(=O)(=O)N3CCN(Cc4ccc(N5CCC(=O)NC5=O)cc4)CC3)cc2)nn1C(=O)c1c(F)cccc1F. The number of carbonyl (C=O) groups excluding carboxylic acids is 3. The highest BCUT2D eigenvalue weighted by Crippen LogP contribution is 2.24. The monoisotopic (exact) mass is 665 g/mol. The maximum Gasteiger partial charge on any atom is 0.328 e. The van der Waals surface area contributed by atoms with E-state index in [1.807, 2.05) is 24.3 Å². The van der Waals surface area contributed by atoms with E-state index in [1.54, 1.807) is 0 Å². The molecule has 6 rings (SSSR count). The van der Waals surface area contributed by atoms with E-state index in [4.69, 9.17) is 5.73 Å². The topological polar surface area (TPSA) is 176 Å². The molecule has 2 saturated heterocycles. The Hall–Kier alpha value is -5.26. The van der Waals surface area contributed by atoms with Gasteiger partial charge in [0.15, 0.2) is 0 Å². The van der Waals surface area contributed by atoms with Crippen molar-refractivity contribution < 1.29 is 31.6 Å². The number of anilines is 4. The highest BCUT2D eigenvalue weighted by molar-refractivity contribution is 7.89. The zero-order chi connectivity index (χ0) is 33.3. The summed E-state index contributed by atoms with van der Waals surface area (Å²) in [7, 11) is -3.79. The van der Waals surface area contributed by atoms with Gasteiger partial charge in [-0.1, -0.05) is 18.2 Å². The van der Waals surface area contributed by atoms with E-state index in [1.165, 1.54) is 33.5 Å². The van der Waals surface area contributed by atoms with Crippen molar-refractivity contribution >= 4 is 51.1 Å². The molecule has 4 aromatic rings. The summed E-state index contributed by atoms with van der Waals surface area (Å²) >= 11 is 0. The minimum absolute atomic E-state index is 0.0822. The first-order chi connectivity index (χ1) is 22.5. The Kier molecular flexibility index (Phi) is 8.67. The van der Waals surface area contributed by atoms with Crippen molar-refractivity contribution in [2.75, 3.05) is 48.7 Å². The molecule has 14 nitrogen and oxygen atoms in total. The van der Waals surface area contributed by atoms with Gasteiger partial charge in [0.05, 0.1) is 4.90 Å². The number of nitrogens with zero attached hydrogens (tertiary/aromatic N) is 6. The molecule has 3 amide bonds. The number of piperazine rings is 1. The lowest BCUT2D eigenvalue weighted by Gasteiger charge is -2.34. The van der Waals surface area contributed by atoms with Crippen LogP contribution in [0.2, 0.25) is 0 Å². The van der Waals surface area contributed by atoms with Gasteiger partial charge in [0, 0.05) is 57.1 Å². The quantitative estimate of drug-likeness (QED) is 0.254. The molecule has 0 saturated carbocycles. The first kappa shape index (κ1) is 31.7. The van der Waals surface area contributed by atoms with E-state index in [2.05, 4.69) is 25.6 Å². The molecule has 0 atom stereocenters. The molecule has 17 heteroatoms. The molecule has 0 bridgehead atoms. The number of rotatable bonds is 8. The molecule has 3 heterocycles. The molecule has 244 valence electrons. The zero-order valence-electron chi connectivity index (χ0n) is 24.8. The van der Waals surface area contributed by atoms with E-state index in [-0.39, 0.29) is 23.2 Å². The largest absolute Gasteiger partial charge is 0.368 e. The van der Waals surface area contributed by atoms with E-state index in [9.17, 15) is 31.6 Å². The first-order valence-electron chi connectivity index (χ1n) is 14.5. The predicted molar refractivity (Wildman–Crippen MR) is 166 cm³/mol. The third-order valence-electron chi connectivity index (χ3n) is 7.79. The van der Waals surface area contributed by atoms with Crippen LogP contribution in [0.15, 0.2) is 71.6 Å². The van der Waals surface area contributed by atoms with Gasteiger partial charge in [-0.2, -0.15) is 14.0 Å². The van der Waals surface area contributed by atoms with E-state index >= 15 is 0 Å². The van der Waals surface area contributed by atoms with Gasteiger partial charge in [-0.05, 0) is 54.1 Å².